The van der Waals surface area contributed by atoms with Gasteiger partial charge < -0.3 is 5.11 Å². The van der Waals surface area contributed by atoms with Crippen LogP contribution in [-0.2, 0) is 6.42 Å². The van der Waals surface area contributed by atoms with Crippen molar-refractivity contribution in [2.75, 3.05) is 6.61 Å². The van der Waals surface area contributed by atoms with Gasteiger partial charge in [0.2, 0.25) is 0 Å². The van der Waals surface area contributed by atoms with Crippen LogP contribution in [0.5, 0.6) is 0 Å². The SMILES string of the molecule is Cc1ncc(CC(CO)c2cccc(Cl)c2)s1. The average Bonchev–Trinajstić information content (AvgIpc) is 2.72. The summed E-state index contributed by atoms with van der Waals surface area (Å²) in [6, 6.07) is 7.67. The Kier molecular flexibility index (Phi) is 4.15. The van der Waals surface area contributed by atoms with E-state index in [4.69, 9.17) is 11.6 Å². The van der Waals surface area contributed by atoms with E-state index in [1.54, 1.807) is 11.3 Å². The second kappa shape index (κ2) is 5.63. The van der Waals surface area contributed by atoms with Crippen LogP contribution in [0.15, 0.2) is 30.5 Å². The highest BCUT2D eigenvalue weighted by atomic mass is 35.5. The first-order valence-electron chi connectivity index (χ1n) is 5.46. The van der Waals surface area contributed by atoms with E-state index in [1.165, 1.54) is 4.88 Å². The summed E-state index contributed by atoms with van der Waals surface area (Å²) in [5.74, 6) is 0.0912. The van der Waals surface area contributed by atoms with E-state index < -0.39 is 0 Å². The molecule has 4 heteroatoms. The van der Waals surface area contributed by atoms with Crippen LogP contribution in [0, 0.1) is 6.92 Å². The summed E-state index contributed by atoms with van der Waals surface area (Å²) in [5.41, 5.74) is 1.08. The third-order valence-electron chi connectivity index (χ3n) is 2.66. The number of benzene rings is 1. The highest BCUT2D eigenvalue weighted by Crippen LogP contribution is 2.25. The Morgan fingerprint density at radius 3 is 2.88 bits per heavy atom. The number of aryl methyl sites for hydroxylation is 1. The molecule has 2 aromatic rings. The zero-order valence-corrected chi connectivity index (χ0v) is 11.1. The maximum atomic E-state index is 9.48. The van der Waals surface area contributed by atoms with E-state index in [1.807, 2.05) is 37.4 Å². The first-order chi connectivity index (χ1) is 8.19. The molecule has 1 N–H and O–H groups in total. The van der Waals surface area contributed by atoms with Crippen LogP contribution in [0.25, 0.3) is 0 Å². The summed E-state index contributed by atoms with van der Waals surface area (Å²) in [7, 11) is 0. The van der Waals surface area contributed by atoms with Crippen molar-refractivity contribution in [3.05, 3.63) is 50.9 Å². The van der Waals surface area contributed by atoms with Crippen molar-refractivity contribution < 1.29 is 5.11 Å². The number of hydrogen-bond acceptors (Lipinski definition) is 3. The van der Waals surface area contributed by atoms with Crippen LogP contribution in [-0.4, -0.2) is 16.7 Å². The molecule has 0 saturated carbocycles. The molecule has 1 aromatic heterocycles. The van der Waals surface area contributed by atoms with Crippen LogP contribution in [0.2, 0.25) is 5.02 Å². The van der Waals surface area contributed by atoms with Gasteiger partial charge in [0, 0.05) is 22.0 Å². The molecule has 0 fully saturated rings. The Hall–Kier alpha value is -0.900. The van der Waals surface area contributed by atoms with Gasteiger partial charge in [0.05, 0.1) is 11.6 Å². The Balaban J connectivity index is 2.16. The highest BCUT2D eigenvalue weighted by molar-refractivity contribution is 7.11. The van der Waals surface area contributed by atoms with Crippen LogP contribution < -0.4 is 0 Å². The Morgan fingerprint density at radius 2 is 2.29 bits per heavy atom. The fraction of sp³-hybridized carbons (Fsp3) is 0.308. The first kappa shape index (κ1) is 12.6. The molecule has 0 aliphatic carbocycles. The van der Waals surface area contributed by atoms with Crippen LogP contribution >= 0.6 is 22.9 Å². The second-order valence-electron chi connectivity index (χ2n) is 3.98. The van der Waals surface area contributed by atoms with Gasteiger partial charge in [-0.15, -0.1) is 11.3 Å². The van der Waals surface area contributed by atoms with Gasteiger partial charge in [0.1, 0.15) is 0 Å². The second-order valence-corrected chi connectivity index (χ2v) is 5.74. The minimum Gasteiger partial charge on any atom is -0.396 e. The number of aliphatic hydroxyl groups excluding tert-OH is 1. The maximum Gasteiger partial charge on any atom is 0.0896 e. The molecule has 0 aliphatic rings. The van der Waals surface area contributed by atoms with E-state index in [-0.39, 0.29) is 12.5 Å². The van der Waals surface area contributed by atoms with Crippen LogP contribution in [0.1, 0.15) is 21.4 Å². The lowest BCUT2D eigenvalue weighted by Crippen LogP contribution is -2.06. The zero-order chi connectivity index (χ0) is 12.3. The number of aliphatic hydroxyl groups is 1. The van der Waals surface area contributed by atoms with Crippen molar-refractivity contribution >= 4 is 22.9 Å². The molecule has 1 aromatic carbocycles. The standard InChI is InChI=1S/C13H14ClNOS/c1-9-15-7-13(17-9)6-11(8-16)10-3-2-4-12(14)5-10/h2-5,7,11,16H,6,8H2,1H3. The molecule has 2 rings (SSSR count). The van der Waals surface area contributed by atoms with E-state index in [0.717, 1.165) is 17.0 Å². The number of hydrogen-bond donors (Lipinski definition) is 1. The predicted octanol–water partition coefficient (Wildman–Crippen LogP) is 3.42. The first-order valence-corrected chi connectivity index (χ1v) is 6.66. The summed E-state index contributed by atoms with van der Waals surface area (Å²) in [5, 5.41) is 11.2. The number of nitrogens with zero attached hydrogens (tertiary/aromatic N) is 1. The van der Waals surface area contributed by atoms with Crippen molar-refractivity contribution in [2.45, 2.75) is 19.3 Å². The third kappa shape index (κ3) is 3.28. The van der Waals surface area contributed by atoms with E-state index >= 15 is 0 Å². The third-order valence-corrected chi connectivity index (χ3v) is 3.83. The number of halogens is 1. The molecule has 17 heavy (non-hydrogen) atoms. The van der Waals surface area contributed by atoms with Crippen molar-refractivity contribution in [3.63, 3.8) is 0 Å². The maximum absolute atomic E-state index is 9.48. The lowest BCUT2D eigenvalue weighted by atomic mass is 9.96. The number of rotatable bonds is 4. The molecule has 0 amide bonds. The fourth-order valence-corrected chi connectivity index (χ4v) is 2.86. The zero-order valence-electron chi connectivity index (χ0n) is 9.56. The van der Waals surface area contributed by atoms with E-state index in [2.05, 4.69) is 4.98 Å². The molecule has 0 spiro atoms. The van der Waals surface area contributed by atoms with Gasteiger partial charge in [0.15, 0.2) is 0 Å². The smallest absolute Gasteiger partial charge is 0.0896 e. The monoisotopic (exact) mass is 267 g/mol. The molecule has 1 unspecified atom stereocenters. The van der Waals surface area contributed by atoms with E-state index in [0.29, 0.717) is 5.02 Å². The molecular formula is C13H14ClNOS. The number of aromatic nitrogens is 1. The Bertz CT molecular complexity index is 498. The molecule has 0 aliphatic heterocycles. The van der Waals surface area contributed by atoms with Gasteiger partial charge in [-0.25, -0.2) is 4.98 Å². The highest BCUT2D eigenvalue weighted by Gasteiger charge is 2.13. The quantitative estimate of drug-likeness (QED) is 0.921. The molecule has 1 atom stereocenters. The summed E-state index contributed by atoms with van der Waals surface area (Å²) in [6.07, 6.45) is 2.69. The Labute approximate surface area is 110 Å². The van der Waals surface area contributed by atoms with Gasteiger partial charge in [-0.3, -0.25) is 0 Å². The lowest BCUT2D eigenvalue weighted by Gasteiger charge is -2.13. The van der Waals surface area contributed by atoms with Crippen molar-refractivity contribution in [1.82, 2.24) is 4.98 Å². The van der Waals surface area contributed by atoms with Crippen LogP contribution in [0.4, 0.5) is 0 Å². The molecule has 2 nitrogen and oxygen atoms in total. The van der Waals surface area contributed by atoms with Crippen LogP contribution in [0.3, 0.4) is 0 Å². The van der Waals surface area contributed by atoms with Gasteiger partial charge >= 0.3 is 0 Å². The fourth-order valence-electron chi connectivity index (χ4n) is 1.79. The van der Waals surface area contributed by atoms with Gasteiger partial charge in [-0.1, -0.05) is 23.7 Å². The summed E-state index contributed by atoms with van der Waals surface area (Å²) < 4.78 is 0. The summed E-state index contributed by atoms with van der Waals surface area (Å²) >= 11 is 7.64. The predicted molar refractivity (Wildman–Crippen MR) is 71.8 cm³/mol. The molecular weight excluding hydrogens is 254 g/mol. The lowest BCUT2D eigenvalue weighted by molar-refractivity contribution is 0.265. The molecule has 0 saturated heterocycles. The molecule has 0 radical (unpaired) electrons. The van der Waals surface area contributed by atoms with Crippen molar-refractivity contribution in [3.8, 4) is 0 Å². The normalized spacial score (nSPS) is 12.6. The van der Waals surface area contributed by atoms with Gasteiger partial charge in [0.25, 0.3) is 0 Å². The van der Waals surface area contributed by atoms with E-state index in [9.17, 15) is 5.11 Å². The number of thiazole rings is 1. The van der Waals surface area contributed by atoms with Crippen molar-refractivity contribution in [2.24, 2.45) is 0 Å². The van der Waals surface area contributed by atoms with Gasteiger partial charge in [-0.05, 0) is 31.0 Å². The minimum absolute atomic E-state index is 0.0912. The summed E-state index contributed by atoms with van der Waals surface area (Å²) in [4.78, 5) is 5.42. The molecule has 1 heterocycles. The van der Waals surface area contributed by atoms with Gasteiger partial charge in [-0.2, -0.15) is 0 Å². The Morgan fingerprint density at radius 1 is 1.47 bits per heavy atom. The minimum atomic E-state index is 0.0912. The summed E-state index contributed by atoms with van der Waals surface area (Å²) in [6.45, 7) is 2.11. The molecule has 0 bridgehead atoms. The largest absolute Gasteiger partial charge is 0.396 e. The average molecular weight is 268 g/mol. The molecule has 90 valence electrons. The van der Waals surface area contributed by atoms with Crippen molar-refractivity contribution in [1.29, 1.82) is 0 Å². The topological polar surface area (TPSA) is 33.1 Å².